The molecular weight excluding hydrogens is 394 g/mol. The summed E-state index contributed by atoms with van der Waals surface area (Å²) in [5, 5.41) is 5.12. The number of nitrogens with one attached hydrogen (secondary N) is 1. The summed E-state index contributed by atoms with van der Waals surface area (Å²) in [5.41, 5.74) is 1.39. The molecule has 0 radical (unpaired) electrons. The first kappa shape index (κ1) is 18.1. The second-order valence-electron chi connectivity index (χ2n) is 5.95. The smallest absolute Gasteiger partial charge is 0.339 e. The molecule has 0 aliphatic carbocycles. The first-order valence-electron chi connectivity index (χ1n) is 8.24. The van der Waals surface area contributed by atoms with Crippen molar-refractivity contribution in [3.05, 3.63) is 82.3 Å². The van der Waals surface area contributed by atoms with E-state index in [-0.39, 0.29) is 18.6 Å². The van der Waals surface area contributed by atoms with Crippen molar-refractivity contribution < 1.29 is 14.3 Å². The summed E-state index contributed by atoms with van der Waals surface area (Å²) in [6.07, 6.45) is 0. The van der Waals surface area contributed by atoms with Gasteiger partial charge in [-0.15, -0.1) is 0 Å². The molecule has 0 saturated heterocycles. The molecule has 0 aliphatic heterocycles. The van der Waals surface area contributed by atoms with E-state index in [9.17, 15) is 9.59 Å². The molecule has 3 aromatic rings. The third-order valence-electron chi connectivity index (χ3n) is 4.08. The normalized spacial score (nSPS) is 11.8. The summed E-state index contributed by atoms with van der Waals surface area (Å²) in [5.74, 6) is -0.878. The number of esters is 1. The topological polar surface area (TPSA) is 55.4 Å². The van der Waals surface area contributed by atoms with Crippen LogP contribution in [0.4, 0.5) is 0 Å². The predicted octanol–water partition coefficient (Wildman–Crippen LogP) is 4.64. The summed E-state index contributed by atoms with van der Waals surface area (Å²) < 4.78 is 5.73. The van der Waals surface area contributed by atoms with Crippen LogP contribution in [0.25, 0.3) is 10.8 Å². The molecule has 5 heteroatoms. The molecule has 4 nitrogen and oxygen atoms in total. The molecule has 0 spiro atoms. The second-order valence-corrected chi connectivity index (χ2v) is 6.81. The van der Waals surface area contributed by atoms with Gasteiger partial charge in [0, 0.05) is 4.47 Å². The molecule has 1 N–H and O–H groups in total. The Kier molecular flexibility index (Phi) is 5.68. The minimum Gasteiger partial charge on any atom is -0.452 e. The van der Waals surface area contributed by atoms with Crippen molar-refractivity contribution in [1.82, 2.24) is 5.32 Å². The first-order valence-corrected chi connectivity index (χ1v) is 9.03. The van der Waals surface area contributed by atoms with Crippen molar-refractivity contribution in [2.24, 2.45) is 0 Å². The average Bonchev–Trinajstić information content (AvgIpc) is 2.66. The average molecular weight is 412 g/mol. The van der Waals surface area contributed by atoms with E-state index in [1.54, 1.807) is 24.3 Å². The number of ether oxygens (including phenoxy) is 1. The maximum atomic E-state index is 12.1. The van der Waals surface area contributed by atoms with Crippen molar-refractivity contribution >= 4 is 38.6 Å². The van der Waals surface area contributed by atoms with Gasteiger partial charge in [0.25, 0.3) is 5.91 Å². The Bertz CT molecular complexity index is 955. The Labute approximate surface area is 160 Å². The van der Waals surface area contributed by atoms with Crippen LogP contribution in [0.1, 0.15) is 28.9 Å². The van der Waals surface area contributed by atoms with Gasteiger partial charge in [0.2, 0.25) is 0 Å². The number of benzene rings is 3. The number of rotatable bonds is 5. The molecule has 0 bridgehead atoms. The molecule has 3 aromatic carbocycles. The van der Waals surface area contributed by atoms with E-state index in [4.69, 9.17) is 4.74 Å². The Morgan fingerprint density at radius 1 is 1.00 bits per heavy atom. The van der Waals surface area contributed by atoms with Crippen molar-refractivity contribution in [1.29, 1.82) is 0 Å². The zero-order valence-electron chi connectivity index (χ0n) is 14.2. The molecule has 0 aromatic heterocycles. The quantitative estimate of drug-likeness (QED) is 0.622. The number of hydrogen-bond donors (Lipinski definition) is 1. The van der Waals surface area contributed by atoms with E-state index in [0.717, 1.165) is 16.3 Å². The van der Waals surface area contributed by atoms with Crippen LogP contribution in [0.3, 0.4) is 0 Å². The lowest BCUT2D eigenvalue weighted by Gasteiger charge is -2.15. The second kappa shape index (κ2) is 8.15. The summed E-state index contributed by atoms with van der Waals surface area (Å²) in [4.78, 5) is 24.2. The van der Waals surface area contributed by atoms with Gasteiger partial charge in [0.15, 0.2) is 6.61 Å². The Morgan fingerprint density at radius 2 is 1.69 bits per heavy atom. The molecule has 0 aliphatic rings. The molecule has 0 saturated carbocycles. The van der Waals surface area contributed by atoms with E-state index in [0.29, 0.717) is 10.0 Å². The van der Waals surface area contributed by atoms with E-state index < -0.39 is 5.97 Å². The van der Waals surface area contributed by atoms with Gasteiger partial charge < -0.3 is 10.1 Å². The molecule has 0 heterocycles. The lowest BCUT2D eigenvalue weighted by Crippen LogP contribution is -2.31. The van der Waals surface area contributed by atoms with E-state index in [1.165, 1.54) is 0 Å². The van der Waals surface area contributed by atoms with Crippen LogP contribution in [0.15, 0.2) is 71.2 Å². The SMILES string of the molecule is CC(NC(=O)COC(=O)c1ccccc1Br)c1ccc2ccccc2c1. The van der Waals surface area contributed by atoms with Gasteiger partial charge in [0.05, 0.1) is 11.6 Å². The van der Waals surface area contributed by atoms with Crippen LogP contribution < -0.4 is 5.32 Å². The molecule has 1 unspecified atom stereocenters. The van der Waals surface area contributed by atoms with E-state index in [2.05, 4.69) is 21.2 Å². The van der Waals surface area contributed by atoms with Gasteiger partial charge in [-0.1, -0.05) is 48.5 Å². The highest BCUT2D eigenvalue weighted by molar-refractivity contribution is 9.10. The zero-order chi connectivity index (χ0) is 18.5. The third kappa shape index (κ3) is 4.29. The van der Waals surface area contributed by atoms with Crippen LogP contribution in [-0.2, 0) is 9.53 Å². The van der Waals surface area contributed by atoms with Gasteiger partial charge in [-0.05, 0) is 57.4 Å². The van der Waals surface area contributed by atoms with Gasteiger partial charge >= 0.3 is 5.97 Å². The fourth-order valence-electron chi connectivity index (χ4n) is 2.68. The Hall–Kier alpha value is -2.66. The highest BCUT2D eigenvalue weighted by atomic mass is 79.9. The number of fused-ring (bicyclic) bond motifs is 1. The highest BCUT2D eigenvalue weighted by Crippen LogP contribution is 2.20. The van der Waals surface area contributed by atoms with Gasteiger partial charge in [-0.3, -0.25) is 4.79 Å². The fraction of sp³-hybridized carbons (Fsp3) is 0.143. The fourth-order valence-corrected chi connectivity index (χ4v) is 3.13. The molecule has 0 fully saturated rings. The van der Waals surface area contributed by atoms with Gasteiger partial charge in [-0.25, -0.2) is 4.79 Å². The van der Waals surface area contributed by atoms with Crippen LogP contribution in [0, 0.1) is 0 Å². The summed E-state index contributed by atoms with van der Waals surface area (Å²) in [6.45, 7) is 1.58. The number of halogens is 1. The summed E-state index contributed by atoms with van der Waals surface area (Å²) >= 11 is 3.29. The first-order chi connectivity index (χ1) is 12.5. The monoisotopic (exact) mass is 411 g/mol. The highest BCUT2D eigenvalue weighted by Gasteiger charge is 2.15. The van der Waals surface area contributed by atoms with Crippen LogP contribution in [0.5, 0.6) is 0 Å². The van der Waals surface area contributed by atoms with E-state index >= 15 is 0 Å². The summed E-state index contributed by atoms with van der Waals surface area (Å²) in [7, 11) is 0. The van der Waals surface area contributed by atoms with Gasteiger partial charge in [-0.2, -0.15) is 0 Å². The lowest BCUT2D eigenvalue weighted by atomic mass is 10.0. The van der Waals surface area contributed by atoms with Crippen LogP contribution >= 0.6 is 15.9 Å². The van der Waals surface area contributed by atoms with Crippen molar-refractivity contribution in [2.75, 3.05) is 6.61 Å². The minimum absolute atomic E-state index is 0.186. The summed E-state index contributed by atoms with van der Waals surface area (Å²) in [6, 6.07) is 20.9. The van der Waals surface area contributed by atoms with Crippen molar-refractivity contribution in [2.45, 2.75) is 13.0 Å². The zero-order valence-corrected chi connectivity index (χ0v) is 15.8. The standard InChI is InChI=1S/C21H18BrNO3/c1-14(16-11-10-15-6-2-3-7-17(15)12-16)23-20(24)13-26-21(25)18-8-4-5-9-19(18)22/h2-12,14H,13H2,1H3,(H,23,24). The largest absolute Gasteiger partial charge is 0.452 e. The number of carbonyl (C=O) groups is 2. The third-order valence-corrected chi connectivity index (χ3v) is 4.77. The van der Waals surface area contributed by atoms with Crippen molar-refractivity contribution in [3.8, 4) is 0 Å². The molecule has 3 rings (SSSR count). The molecular formula is C21H18BrNO3. The molecule has 26 heavy (non-hydrogen) atoms. The maximum Gasteiger partial charge on any atom is 0.339 e. The van der Waals surface area contributed by atoms with Crippen LogP contribution in [-0.4, -0.2) is 18.5 Å². The minimum atomic E-state index is -0.536. The Morgan fingerprint density at radius 3 is 2.46 bits per heavy atom. The van der Waals surface area contributed by atoms with Crippen molar-refractivity contribution in [3.63, 3.8) is 0 Å². The predicted molar refractivity (Wildman–Crippen MR) is 105 cm³/mol. The lowest BCUT2D eigenvalue weighted by molar-refractivity contribution is -0.124. The Balaban J connectivity index is 1.58. The number of amides is 1. The van der Waals surface area contributed by atoms with Crippen LogP contribution in [0.2, 0.25) is 0 Å². The molecule has 132 valence electrons. The van der Waals surface area contributed by atoms with Gasteiger partial charge in [0.1, 0.15) is 0 Å². The maximum absolute atomic E-state index is 12.1. The molecule has 1 atom stereocenters. The van der Waals surface area contributed by atoms with E-state index in [1.807, 2.05) is 49.4 Å². The number of hydrogen-bond acceptors (Lipinski definition) is 3. The number of carbonyl (C=O) groups excluding carboxylic acids is 2. The molecule has 1 amide bonds.